The fourth-order valence-corrected chi connectivity index (χ4v) is 4.00. The van der Waals surface area contributed by atoms with Crippen LogP contribution in [0.3, 0.4) is 0 Å². The molecular weight excluding hydrogens is 454 g/mol. The molecule has 0 aliphatic carbocycles. The van der Waals surface area contributed by atoms with Crippen molar-refractivity contribution in [2.45, 2.75) is 91.6 Å². The first-order valence-electron chi connectivity index (χ1n) is 12.5. The van der Waals surface area contributed by atoms with E-state index in [0.29, 0.717) is 5.56 Å². The molecule has 3 amide bonds. The van der Waals surface area contributed by atoms with Gasteiger partial charge in [0, 0.05) is 18.5 Å². The van der Waals surface area contributed by atoms with Gasteiger partial charge in [0.25, 0.3) is 0 Å². The molecule has 0 radical (unpaired) electrons. The molecule has 2 atom stereocenters. The second-order valence-corrected chi connectivity index (χ2v) is 10.7. The van der Waals surface area contributed by atoms with Crippen molar-refractivity contribution in [1.82, 2.24) is 15.5 Å². The number of benzene rings is 2. The number of aryl methyl sites for hydroxylation is 1. The highest BCUT2D eigenvalue weighted by molar-refractivity contribution is 5.92. The molecule has 0 saturated carbocycles. The van der Waals surface area contributed by atoms with Crippen LogP contribution in [0.15, 0.2) is 54.6 Å². The second-order valence-electron chi connectivity index (χ2n) is 10.7. The average molecular weight is 496 g/mol. The molecular formula is C29H41N3O4. The average Bonchev–Trinajstić information content (AvgIpc) is 2.75. The van der Waals surface area contributed by atoms with Gasteiger partial charge in [-0.15, -0.1) is 0 Å². The summed E-state index contributed by atoms with van der Waals surface area (Å²) in [6.45, 7) is 14.8. The molecule has 0 aliphatic heterocycles. The number of nitrogens with zero attached hydrogens (tertiary/aromatic N) is 1. The van der Waals surface area contributed by atoms with Crippen LogP contribution in [0, 0.1) is 6.92 Å². The smallest absolute Gasteiger partial charge is 0.408 e. The Balaban J connectivity index is 2.52. The summed E-state index contributed by atoms with van der Waals surface area (Å²) in [6.07, 6.45) is -0.423. The lowest BCUT2D eigenvalue weighted by Gasteiger charge is -2.37. The molecule has 0 spiro atoms. The Labute approximate surface area is 215 Å². The van der Waals surface area contributed by atoms with Crippen molar-refractivity contribution in [3.8, 4) is 0 Å². The van der Waals surface area contributed by atoms with E-state index >= 15 is 0 Å². The molecule has 0 aliphatic rings. The second kappa shape index (κ2) is 12.6. The van der Waals surface area contributed by atoms with Gasteiger partial charge in [-0.3, -0.25) is 9.59 Å². The first kappa shape index (κ1) is 28.9. The molecule has 196 valence electrons. The minimum atomic E-state index is -0.927. The molecule has 0 saturated heterocycles. The highest BCUT2D eigenvalue weighted by Crippen LogP contribution is 2.26. The van der Waals surface area contributed by atoms with E-state index in [4.69, 9.17) is 4.74 Å². The molecule has 36 heavy (non-hydrogen) atoms. The lowest BCUT2D eigenvalue weighted by Crippen LogP contribution is -2.56. The highest BCUT2D eigenvalue weighted by atomic mass is 16.6. The van der Waals surface area contributed by atoms with E-state index in [-0.39, 0.29) is 30.3 Å². The van der Waals surface area contributed by atoms with Gasteiger partial charge in [0.1, 0.15) is 17.7 Å². The van der Waals surface area contributed by atoms with Gasteiger partial charge in [-0.05, 0) is 66.5 Å². The predicted octanol–water partition coefficient (Wildman–Crippen LogP) is 4.93. The number of ether oxygens (including phenoxy) is 1. The van der Waals surface area contributed by atoms with Crippen LogP contribution in [0.25, 0.3) is 0 Å². The van der Waals surface area contributed by atoms with E-state index in [0.717, 1.165) is 11.1 Å². The van der Waals surface area contributed by atoms with Gasteiger partial charge < -0.3 is 20.3 Å². The number of carbonyl (C=O) groups excluding carboxylic acids is 3. The van der Waals surface area contributed by atoms with Crippen LogP contribution in [-0.4, -0.2) is 46.5 Å². The van der Waals surface area contributed by atoms with Gasteiger partial charge in [0.2, 0.25) is 11.8 Å². The highest BCUT2D eigenvalue weighted by Gasteiger charge is 2.38. The SMILES string of the molecule is Cc1cccc(C(C(=O)NC(C)C)N(C(=O)C(Cc2ccccc2)NC(=O)OC(C)(C)C)C(C)C)c1. The molecule has 0 heterocycles. The third-order valence-electron chi connectivity index (χ3n) is 5.40. The fourth-order valence-electron chi connectivity index (χ4n) is 4.00. The third-order valence-corrected chi connectivity index (χ3v) is 5.40. The van der Waals surface area contributed by atoms with E-state index < -0.39 is 23.8 Å². The Morgan fingerprint density at radius 3 is 2.08 bits per heavy atom. The number of rotatable bonds is 9. The zero-order valence-corrected chi connectivity index (χ0v) is 22.8. The number of alkyl carbamates (subject to hydrolysis) is 1. The number of hydrogen-bond acceptors (Lipinski definition) is 4. The number of amides is 3. The van der Waals surface area contributed by atoms with Gasteiger partial charge in [-0.2, -0.15) is 0 Å². The van der Waals surface area contributed by atoms with Crippen molar-refractivity contribution in [3.05, 3.63) is 71.3 Å². The molecule has 0 bridgehead atoms. The summed E-state index contributed by atoms with van der Waals surface area (Å²) in [5.41, 5.74) is 1.86. The Bertz CT molecular complexity index is 1030. The first-order chi connectivity index (χ1) is 16.8. The number of nitrogens with one attached hydrogen (secondary N) is 2. The molecule has 7 nitrogen and oxygen atoms in total. The minimum absolute atomic E-state index is 0.103. The van der Waals surface area contributed by atoms with E-state index in [2.05, 4.69) is 10.6 Å². The largest absolute Gasteiger partial charge is 0.444 e. The molecule has 2 aromatic rings. The summed E-state index contributed by atoms with van der Waals surface area (Å²) in [5.74, 6) is -0.626. The van der Waals surface area contributed by atoms with Crippen molar-refractivity contribution < 1.29 is 19.1 Å². The van der Waals surface area contributed by atoms with Crippen LogP contribution in [0.4, 0.5) is 4.79 Å². The van der Waals surface area contributed by atoms with Crippen molar-refractivity contribution in [1.29, 1.82) is 0 Å². The summed E-state index contributed by atoms with van der Waals surface area (Å²) in [5, 5.41) is 5.74. The van der Waals surface area contributed by atoms with Gasteiger partial charge in [-0.1, -0.05) is 60.2 Å². The summed E-state index contributed by atoms with van der Waals surface area (Å²) >= 11 is 0. The maximum absolute atomic E-state index is 14.2. The Morgan fingerprint density at radius 2 is 1.56 bits per heavy atom. The lowest BCUT2D eigenvalue weighted by molar-refractivity contribution is -0.144. The topological polar surface area (TPSA) is 87.7 Å². The maximum atomic E-state index is 14.2. The Kier molecular flexibility index (Phi) is 10.1. The van der Waals surface area contributed by atoms with Crippen molar-refractivity contribution in [2.75, 3.05) is 0 Å². The zero-order chi connectivity index (χ0) is 27.0. The van der Waals surface area contributed by atoms with Gasteiger partial charge in [0.05, 0.1) is 0 Å². The monoisotopic (exact) mass is 495 g/mol. The van der Waals surface area contributed by atoms with E-state index in [1.165, 1.54) is 0 Å². The fraction of sp³-hybridized carbons (Fsp3) is 0.483. The predicted molar refractivity (Wildman–Crippen MR) is 142 cm³/mol. The van der Waals surface area contributed by atoms with Crippen molar-refractivity contribution in [2.24, 2.45) is 0 Å². The summed E-state index contributed by atoms with van der Waals surface area (Å²) in [6, 6.07) is 14.9. The Hall–Kier alpha value is -3.35. The maximum Gasteiger partial charge on any atom is 0.408 e. The first-order valence-corrected chi connectivity index (χ1v) is 12.5. The zero-order valence-electron chi connectivity index (χ0n) is 22.8. The van der Waals surface area contributed by atoms with Crippen molar-refractivity contribution in [3.63, 3.8) is 0 Å². The standard InChI is InChI=1S/C29H41N3O4/c1-19(2)30-26(33)25(23-16-12-13-21(5)17-23)32(20(3)4)27(34)24(18-22-14-10-9-11-15-22)31-28(35)36-29(6,7)8/h9-17,19-20,24-25H,18H2,1-8H3,(H,30,33)(H,31,35). The van der Waals surface area contributed by atoms with Crippen LogP contribution in [0.1, 0.15) is 71.2 Å². The van der Waals surface area contributed by atoms with Gasteiger partial charge >= 0.3 is 6.09 Å². The van der Waals surface area contributed by atoms with Crippen LogP contribution in [-0.2, 0) is 20.7 Å². The van der Waals surface area contributed by atoms with Crippen LogP contribution in [0.5, 0.6) is 0 Å². The van der Waals surface area contributed by atoms with Crippen LogP contribution >= 0.6 is 0 Å². The number of carbonyl (C=O) groups is 3. The van der Waals surface area contributed by atoms with Crippen molar-refractivity contribution >= 4 is 17.9 Å². The normalized spacial score (nSPS) is 13.2. The quantitative estimate of drug-likeness (QED) is 0.516. The lowest BCUT2D eigenvalue weighted by atomic mass is 9.97. The molecule has 2 aromatic carbocycles. The van der Waals surface area contributed by atoms with Gasteiger partial charge in [-0.25, -0.2) is 4.79 Å². The minimum Gasteiger partial charge on any atom is -0.444 e. The molecule has 7 heteroatoms. The summed E-state index contributed by atoms with van der Waals surface area (Å²) in [7, 11) is 0. The summed E-state index contributed by atoms with van der Waals surface area (Å²) < 4.78 is 5.46. The van der Waals surface area contributed by atoms with E-state index in [1.807, 2.05) is 89.2 Å². The molecule has 0 aromatic heterocycles. The summed E-state index contributed by atoms with van der Waals surface area (Å²) in [4.78, 5) is 41.9. The van der Waals surface area contributed by atoms with Crippen LogP contribution in [0.2, 0.25) is 0 Å². The van der Waals surface area contributed by atoms with Gasteiger partial charge in [0.15, 0.2) is 0 Å². The molecule has 0 fully saturated rings. The molecule has 2 unspecified atom stereocenters. The van der Waals surface area contributed by atoms with Crippen LogP contribution < -0.4 is 10.6 Å². The van der Waals surface area contributed by atoms with E-state index in [1.54, 1.807) is 25.7 Å². The number of hydrogen-bond donors (Lipinski definition) is 2. The third kappa shape index (κ3) is 8.70. The Morgan fingerprint density at radius 1 is 0.917 bits per heavy atom. The van der Waals surface area contributed by atoms with E-state index in [9.17, 15) is 14.4 Å². The molecule has 2 N–H and O–H groups in total. The molecule has 2 rings (SSSR count).